The van der Waals surface area contributed by atoms with Crippen molar-refractivity contribution in [3.8, 4) is 0 Å². The van der Waals surface area contributed by atoms with Crippen LogP contribution in [-0.4, -0.2) is 16.1 Å². The topological polar surface area (TPSA) is 57.8 Å². The monoisotopic (exact) mass is 219 g/mol. The summed E-state index contributed by atoms with van der Waals surface area (Å²) in [4.78, 5) is 11.7. The molecular formula is C12H17N3O. The highest BCUT2D eigenvalue weighted by molar-refractivity contribution is 5.91. The van der Waals surface area contributed by atoms with E-state index in [1.54, 1.807) is 6.20 Å². The zero-order valence-electron chi connectivity index (χ0n) is 9.55. The van der Waals surface area contributed by atoms with Crippen molar-refractivity contribution in [2.24, 2.45) is 0 Å². The number of aryl methyl sites for hydroxylation is 1. The lowest BCUT2D eigenvalue weighted by atomic mass is 9.97. The third kappa shape index (κ3) is 2.72. The summed E-state index contributed by atoms with van der Waals surface area (Å²) in [5, 5.41) is 9.48. The summed E-state index contributed by atoms with van der Waals surface area (Å²) < 4.78 is 0. The fraction of sp³-hybridized carbons (Fsp3) is 0.500. The van der Waals surface area contributed by atoms with Gasteiger partial charge in [0.25, 0.3) is 0 Å². The van der Waals surface area contributed by atoms with Crippen LogP contribution in [0.4, 0.5) is 5.82 Å². The predicted octanol–water partition coefficient (Wildman–Crippen LogP) is 2.55. The van der Waals surface area contributed by atoms with Crippen LogP contribution in [-0.2, 0) is 4.79 Å². The normalized spacial score (nSPS) is 15.7. The minimum atomic E-state index is 0.0421. The quantitative estimate of drug-likeness (QED) is 0.767. The molecule has 4 heteroatoms. The number of aromatic amines is 1. The van der Waals surface area contributed by atoms with E-state index in [9.17, 15) is 4.79 Å². The van der Waals surface area contributed by atoms with Crippen molar-refractivity contribution >= 4 is 11.7 Å². The van der Waals surface area contributed by atoms with Crippen molar-refractivity contribution in [1.29, 1.82) is 0 Å². The molecule has 16 heavy (non-hydrogen) atoms. The standard InChI is InChI=1S/C12H17N3O/c1-9-8-13-15-12(9)14-11(16)7-10-5-3-2-4-6-10/h5,8H,2-4,6-7H2,1H3,(H2,13,14,15,16). The lowest BCUT2D eigenvalue weighted by molar-refractivity contribution is -0.115. The third-order valence-corrected chi connectivity index (χ3v) is 2.87. The lowest BCUT2D eigenvalue weighted by Crippen LogP contribution is -2.14. The highest BCUT2D eigenvalue weighted by Crippen LogP contribution is 2.20. The Balaban J connectivity index is 1.89. The first-order valence-corrected chi connectivity index (χ1v) is 5.73. The molecule has 1 aliphatic carbocycles. The number of aromatic nitrogens is 2. The molecule has 0 radical (unpaired) electrons. The van der Waals surface area contributed by atoms with Gasteiger partial charge in [-0.1, -0.05) is 11.6 Å². The van der Waals surface area contributed by atoms with Crippen LogP contribution in [0, 0.1) is 6.92 Å². The molecule has 2 rings (SSSR count). The van der Waals surface area contributed by atoms with Gasteiger partial charge in [-0.25, -0.2) is 0 Å². The van der Waals surface area contributed by atoms with E-state index in [1.807, 2.05) is 6.92 Å². The first-order chi connectivity index (χ1) is 7.75. The van der Waals surface area contributed by atoms with Crippen molar-refractivity contribution in [2.45, 2.75) is 39.0 Å². The number of allylic oxidation sites excluding steroid dienone is 1. The first-order valence-electron chi connectivity index (χ1n) is 5.73. The smallest absolute Gasteiger partial charge is 0.229 e. The van der Waals surface area contributed by atoms with E-state index < -0.39 is 0 Å². The molecule has 0 saturated carbocycles. The second-order valence-corrected chi connectivity index (χ2v) is 4.26. The van der Waals surface area contributed by atoms with Crippen molar-refractivity contribution in [2.75, 3.05) is 5.32 Å². The first kappa shape index (κ1) is 10.9. The van der Waals surface area contributed by atoms with Crippen LogP contribution in [0.15, 0.2) is 17.8 Å². The number of nitrogens with zero attached hydrogens (tertiary/aromatic N) is 1. The highest BCUT2D eigenvalue weighted by atomic mass is 16.1. The highest BCUT2D eigenvalue weighted by Gasteiger charge is 2.10. The van der Waals surface area contributed by atoms with Crippen LogP contribution in [0.5, 0.6) is 0 Å². The number of rotatable bonds is 3. The maximum Gasteiger partial charge on any atom is 0.229 e. The fourth-order valence-electron chi connectivity index (χ4n) is 1.93. The van der Waals surface area contributed by atoms with Crippen LogP contribution < -0.4 is 5.32 Å². The van der Waals surface area contributed by atoms with Gasteiger partial charge in [0.2, 0.25) is 5.91 Å². The number of hydrogen-bond acceptors (Lipinski definition) is 2. The van der Waals surface area contributed by atoms with Gasteiger partial charge in [-0.05, 0) is 32.6 Å². The molecule has 1 aromatic rings. The molecule has 1 aliphatic rings. The molecule has 0 aliphatic heterocycles. The van der Waals surface area contributed by atoms with Crippen LogP contribution in [0.25, 0.3) is 0 Å². The van der Waals surface area contributed by atoms with Gasteiger partial charge in [-0.15, -0.1) is 0 Å². The van der Waals surface area contributed by atoms with E-state index in [2.05, 4.69) is 21.6 Å². The number of carbonyl (C=O) groups excluding carboxylic acids is 1. The van der Waals surface area contributed by atoms with Crippen LogP contribution in [0.1, 0.15) is 37.7 Å². The Morgan fingerprint density at radius 3 is 3.06 bits per heavy atom. The van der Waals surface area contributed by atoms with Crippen molar-refractivity contribution < 1.29 is 4.79 Å². The van der Waals surface area contributed by atoms with Crippen molar-refractivity contribution in [3.05, 3.63) is 23.4 Å². The molecular weight excluding hydrogens is 202 g/mol. The number of nitrogens with one attached hydrogen (secondary N) is 2. The molecule has 1 heterocycles. The Bertz CT molecular complexity index is 406. The summed E-state index contributed by atoms with van der Waals surface area (Å²) in [6.07, 6.45) is 9.06. The number of anilines is 1. The van der Waals surface area contributed by atoms with E-state index in [0.717, 1.165) is 18.4 Å². The second-order valence-electron chi connectivity index (χ2n) is 4.26. The third-order valence-electron chi connectivity index (χ3n) is 2.87. The maximum atomic E-state index is 11.7. The number of carbonyl (C=O) groups is 1. The molecule has 4 nitrogen and oxygen atoms in total. The summed E-state index contributed by atoms with van der Waals surface area (Å²) in [5.74, 6) is 0.752. The fourth-order valence-corrected chi connectivity index (χ4v) is 1.93. The summed E-state index contributed by atoms with van der Waals surface area (Å²) in [6, 6.07) is 0. The molecule has 0 fully saturated rings. The number of H-pyrrole nitrogens is 1. The van der Waals surface area contributed by atoms with Crippen molar-refractivity contribution in [1.82, 2.24) is 10.2 Å². The Hall–Kier alpha value is -1.58. The van der Waals surface area contributed by atoms with Gasteiger partial charge in [-0.2, -0.15) is 5.10 Å². The SMILES string of the molecule is Cc1cn[nH]c1NC(=O)CC1=CCCCC1. The van der Waals surface area contributed by atoms with Crippen LogP contribution in [0.2, 0.25) is 0 Å². The Labute approximate surface area is 95.1 Å². The summed E-state index contributed by atoms with van der Waals surface area (Å²) >= 11 is 0. The van der Waals surface area contributed by atoms with E-state index in [-0.39, 0.29) is 5.91 Å². The molecule has 2 N–H and O–H groups in total. The second kappa shape index (κ2) is 4.96. The predicted molar refractivity (Wildman–Crippen MR) is 63.1 cm³/mol. The minimum absolute atomic E-state index is 0.0421. The van der Waals surface area contributed by atoms with Gasteiger partial charge in [0.15, 0.2) is 0 Å². The summed E-state index contributed by atoms with van der Waals surface area (Å²) in [6.45, 7) is 1.92. The van der Waals surface area contributed by atoms with E-state index in [1.165, 1.54) is 18.4 Å². The summed E-state index contributed by atoms with van der Waals surface area (Å²) in [5.41, 5.74) is 2.23. The molecule has 0 spiro atoms. The average molecular weight is 219 g/mol. The van der Waals surface area contributed by atoms with Gasteiger partial charge in [0, 0.05) is 12.0 Å². The van der Waals surface area contributed by atoms with Gasteiger partial charge >= 0.3 is 0 Å². The molecule has 0 aromatic carbocycles. The molecule has 1 aromatic heterocycles. The van der Waals surface area contributed by atoms with Gasteiger partial charge in [0.05, 0.1) is 6.20 Å². The van der Waals surface area contributed by atoms with Crippen LogP contribution in [0.3, 0.4) is 0 Å². The van der Waals surface area contributed by atoms with E-state index in [0.29, 0.717) is 12.2 Å². The Morgan fingerprint density at radius 1 is 1.56 bits per heavy atom. The maximum absolute atomic E-state index is 11.7. The zero-order chi connectivity index (χ0) is 11.4. The molecule has 0 saturated heterocycles. The van der Waals surface area contributed by atoms with Crippen LogP contribution >= 0.6 is 0 Å². The van der Waals surface area contributed by atoms with E-state index >= 15 is 0 Å². The zero-order valence-corrected chi connectivity index (χ0v) is 9.55. The molecule has 1 amide bonds. The Morgan fingerprint density at radius 2 is 2.44 bits per heavy atom. The average Bonchev–Trinajstić information content (AvgIpc) is 2.66. The van der Waals surface area contributed by atoms with E-state index in [4.69, 9.17) is 0 Å². The number of amides is 1. The van der Waals surface area contributed by atoms with Gasteiger partial charge in [0.1, 0.15) is 5.82 Å². The van der Waals surface area contributed by atoms with Crippen molar-refractivity contribution in [3.63, 3.8) is 0 Å². The minimum Gasteiger partial charge on any atom is -0.311 e. The number of hydrogen-bond donors (Lipinski definition) is 2. The Kier molecular flexibility index (Phi) is 3.39. The molecule has 0 bridgehead atoms. The lowest BCUT2D eigenvalue weighted by Gasteiger charge is -2.12. The van der Waals surface area contributed by atoms with Gasteiger partial charge in [-0.3, -0.25) is 9.89 Å². The molecule has 0 unspecified atom stereocenters. The molecule has 86 valence electrons. The molecule has 0 atom stereocenters. The summed E-state index contributed by atoms with van der Waals surface area (Å²) in [7, 11) is 0. The van der Waals surface area contributed by atoms with Gasteiger partial charge < -0.3 is 5.32 Å². The largest absolute Gasteiger partial charge is 0.311 e.